The number of aromatic nitrogens is 2. The zero-order valence-corrected chi connectivity index (χ0v) is 18.0. The highest BCUT2D eigenvalue weighted by Gasteiger charge is 2.25. The fourth-order valence-corrected chi connectivity index (χ4v) is 3.14. The summed E-state index contributed by atoms with van der Waals surface area (Å²) in [4.78, 5) is 14.2. The molecule has 8 heteroatoms. The molecule has 1 aromatic heterocycles. The molecule has 164 valence electrons. The Kier molecular flexibility index (Phi) is 6.89. The third kappa shape index (κ3) is 5.02. The molecule has 0 fully saturated rings. The minimum Gasteiger partial charge on any atom is -0.435 e. The lowest BCUT2D eigenvalue weighted by Crippen LogP contribution is -2.43. The molecule has 0 atom stereocenters. The number of urea groups is 1. The summed E-state index contributed by atoms with van der Waals surface area (Å²) in [5.41, 5.74) is 1.98. The lowest BCUT2D eigenvalue weighted by molar-refractivity contribution is 0.179. The maximum Gasteiger partial charge on any atom is 0.317 e. The van der Waals surface area contributed by atoms with Crippen LogP contribution < -0.4 is 10.1 Å². The Morgan fingerprint density at radius 3 is 2.52 bits per heavy atom. The number of para-hydroxylation sites is 1. The number of carbonyl (C=O) groups excluding carboxylic acids is 1. The van der Waals surface area contributed by atoms with Crippen molar-refractivity contribution in [1.29, 1.82) is 0 Å². The van der Waals surface area contributed by atoms with Crippen LogP contribution in [-0.4, -0.2) is 33.3 Å². The van der Waals surface area contributed by atoms with Crippen molar-refractivity contribution in [3.63, 3.8) is 0 Å². The smallest absolute Gasteiger partial charge is 0.317 e. The lowest BCUT2D eigenvalue weighted by atomic mass is 10.2. The van der Waals surface area contributed by atoms with E-state index in [2.05, 4.69) is 10.4 Å². The summed E-state index contributed by atoms with van der Waals surface area (Å²) >= 11 is 0. The van der Waals surface area contributed by atoms with Gasteiger partial charge in [0, 0.05) is 18.7 Å². The number of hydrogen-bond acceptors (Lipinski definition) is 3. The second-order valence-corrected chi connectivity index (χ2v) is 7.35. The van der Waals surface area contributed by atoms with Crippen molar-refractivity contribution < 1.29 is 18.3 Å². The normalized spacial score (nSPS) is 10.9. The van der Waals surface area contributed by atoms with Gasteiger partial charge in [0.2, 0.25) is 5.88 Å². The Morgan fingerprint density at radius 1 is 1.19 bits per heavy atom. The first-order valence-electron chi connectivity index (χ1n) is 10.1. The van der Waals surface area contributed by atoms with E-state index >= 15 is 0 Å². The molecule has 2 aromatic carbocycles. The zero-order valence-electron chi connectivity index (χ0n) is 18.0. The van der Waals surface area contributed by atoms with Crippen molar-refractivity contribution in [1.82, 2.24) is 20.0 Å². The molecule has 0 spiro atoms. The Labute approximate surface area is 180 Å². The minimum absolute atomic E-state index is 0.0959. The number of benzene rings is 2. The molecule has 31 heavy (non-hydrogen) atoms. The van der Waals surface area contributed by atoms with Crippen molar-refractivity contribution >= 4 is 6.03 Å². The molecule has 0 unspecified atom stereocenters. The first-order valence-corrected chi connectivity index (χ1v) is 10.1. The SMILES string of the molecule is CCNC(=O)N(Cc1c(C)nn(-c2ccccc2)c1Oc1ccc(F)cc1F)C(C)C. The van der Waals surface area contributed by atoms with Gasteiger partial charge < -0.3 is 15.0 Å². The quantitative estimate of drug-likeness (QED) is 0.563. The monoisotopic (exact) mass is 428 g/mol. The van der Waals surface area contributed by atoms with Crippen LogP contribution in [-0.2, 0) is 6.54 Å². The van der Waals surface area contributed by atoms with Gasteiger partial charge >= 0.3 is 6.03 Å². The molecule has 3 rings (SSSR count). The fraction of sp³-hybridized carbons (Fsp3) is 0.304. The Balaban J connectivity index is 2.09. The average Bonchev–Trinajstić information content (AvgIpc) is 3.03. The van der Waals surface area contributed by atoms with Gasteiger partial charge in [0.05, 0.1) is 23.5 Å². The first-order chi connectivity index (χ1) is 14.8. The Hall–Kier alpha value is -3.42. The number of ether oxygens (including phenoxy) is 1. The van der Waals surface area contributed by atoms with Gasteiger partial charge in [-0.05, 0) is 52.0 Å². The van der Waals surface area contributed by atoms with Crippen LogP contribution >= 0.6 is 0 Å². The summed E-state index contributed by atoms with van der Waals surface area (Å²) in [5, 5.41) is 7.39. The Morgan fingerprint density at radius 2 is 1.90 bits per heavy atom. The summed E-state index contributed by atoms with van der Waals surface area (Å²) in [6.07, 6.45) is 0. The third-order valence-electron chi connectivity index (χ3n) is 4.78. The van der Waals surface area contributed by atoms with Crippen molar-refractivity contribution in [3.05, 3.63) is 71.4 Å². The third-order valence-corrected chi connectivity index (χ3v) is 4.78. The lowest BCUT2D eigenvalue weighted by Gasteiger charge is -2.27. The molecule has 0 radical (unpaired) electrons. The van der Waals surface area contributed by atoms with Crippen LogP contribution in [0.5, 0.6) is 11.6 Å². The van der Waals surface area contributed by atoms with E-state index in [-0.39, 0.29) is 30.2 Å². The van der Waals surface area contributed by atoms with E-state index in [1.165, 1.54) is 6.07 Å². The highest BCUT2D eigenvalue weighted by molar-refractivity contribution is 5.74. The molecule has 1 N–H and O–H groups in total. The van der Waals surface area contributed by atoms with Crippen LogP contribution in [0.4, 0.5) is 13.6 Å². The van der Waals surface area contributed by atoms with E-state index in [4.69, 9.17) is 4.74 Å². The number of amides is 2. The van der Waals surface area contributed by atoms with Crippen LogP contribution in [0.3, 0.4) is 0 Å². The molecule has 3 aromatic rings. The highest BCUT2D eigenvalue weighted by Crippen LogP contribution is 2.33. The summed E-state index contributed by atoms with van der Waals surface area (Å²) < 4.78 is 35.2. The van der Waals surface area contributed by atoms with Gasteiger partial charge in [0.15, 0.2) is 11.6 Å². The van der Waals surface area contributed by atoms with Crippen LogP contribution in [0.2, 0.25) is 0 Å². The molecule has 2 amide bonds. The summed E-state index contributed by atoms with van der Waals surface area (Å²) in [7, 11) is 0. The second-order valence-electron chi connectivity index (χ2n) is 7.35. The topological polar surface area (TPSA) is 59.4 Å². The van der Waals surface area contributed by atoms with Crippen molar-refractivity contribution in [2.45, 2.75) is 40.3 Å². The van der Waals surface area contributed by atoms with Gasteiger partial charge in [-0.3, -0.25) is 0 Å². The molecule has 0 saturated heterocycles. The fourth-order valence-electron chi connectivity index (χ4n) is 3.14. The Bertz CT molecular complexity index is 1050. The van der Waals surface area contributed by atoms with Crippen molar-refractivity contribution in [2.75, 3.05) is 6.54 Å². The van der Waals surface area contributed by atoms with E-state index in [1.807, 2.05) is 51.1 Å². The molecule has 6 nitrogen and oxygen atoms in total. The highest BCUT2D eigenvalue weighted by atomic mass is 19.1. The largest absolute Gasteiger partial charge is 0.435 e. The van der Waals surface area contributed by atoms with Gasteiger partial charge in [-0.15, -0.1) is 0 Å². The molecular weight excluding hydrogens is 402 g/mol. The molecule has 0 aliphatic heterocycles. The number of aryl methyl sites for hydroxylation is 1. The summed E-state index contributed by atoms with van der Waals surface area (Å²) in [5.74, 6) is -1.38. The van der Waals surface area contributed by atoms with Crippen molar-refractivity contribution in [2.24, 2.45) is 0 Å². The first kappa shape index (κ1) is 22.3. The predicted octanol–water partition coefficient (Wildman–Crippen LogP) is 5.19. The number of halogens is 2. The molecule has 0 bridgehead atoms. The maximum atomic E-state index is 14.4. The average molecular weight is 428 g/mol. The molecule has 0 aliphatic carbocycles. The van der Waals surface area contributed by atoms with Crippen LogP contribution in [0, 0.1) is 18.6 Å². The minimum atomic E-state index is -0.825. The van der Waals surface area contributed by atoms with Crippen molar-refractivity contribution in [3.8, 4) is 17.3 Å². The van der Waals surface area contributed by atoms with Gasteiger partial charge in [-0.1, -0.05) is 18.2 Å². The number of hydrogen-bond donors (Lipinski definition) is 1. The number of rotatable bonds is 7. The number of carbonyl (C=O) groups is 1. The van der Waals surface area contributed by atoms with E-state index < -0.39 is 11.6 Å². The summed E-state index contributed by atoms with van der Waals surface area (Å²) in [6, 6.07) is 12.1. The number of nitrogens with zero attached hydrogens (tertiary/aromatic N) is 3. The number of nitrogens with one attached hydrogen (secondary N) is 1. The molecule has 0 aliphatic rings. The molecule has 1 heterocycles. The van der Waals surface area contributed by atoms with Gasteiger partial charge in [-0.2, -0.15) is 5.10 Å². The zero-order chi connectivity index (χ0) is 22.5. The van der Waals surface area contributed by atoms with Crippen LogP contribution in [0.25, 0.3) is 5.69 Å². The van der Waals surface area contributed by atoms with E-state index in [0.29, 0.717) is 23.5 Å². The second kappa shape index (κ2) is 9.59. The van der Waals surface area contributed by atoms with Gasteiger partial charge in [-0.25, -0.2) is 18.3 Å². The van der Waals surface area contributed by atoms with E-state index in [9.17, 15) is 13.6 Å². The van der Waals surface area contributed by atoms with Gasteiger partial charge in [0.25, 0.3) is 0 Å². The van der Waals surface area contributed by atoms with E-state index in [1.54, 1.807) is 16.5 Å². The van der Waals surface area contributed by atoms with Gasteiger partial charge in [0.1, 0.15) is 5.82 Å². The standard InChI is InChI=1S/C23H26F2N4O2/c1-5-26-23(30)28(15(2)3)14-19-16(4)27-29(18-9-7-6-8-10-18)22(19)31-21-12-11-17(24)13-20(21)25/h6-13,15H,5,14H2,1-4H3,(H,26,30). The summed E-state index contributed by atoms with van der Waals surface area (Å²) in [6.45, 7) is 8.17. The maximum absolute atomic E-state index is 14.4. The predicted molar refractivity (Wildman–Crippen MR) is 114 cm³/mol. The van der Waals surface area contributed by atoms with Crippen LogP contribution in [0.15, 0.2) is 48.5 Å². The van der Waals surface area contributed by atoms with E-state index in [0.717, 1.165) is 12.1 Å². The molecular formula is C23H26F2N4O2. The molecule has 0 saturated carbocycles. The van der Waals surface area contributed by atoms with Crippen LogP contribution in [0.1, 0.15) is 32.0 Å².